The lowest BCUT2D eigenvalue weighted by Crippen LogP contribution is -2.36. The van der Waals surface area contributed by atoms with Crippen LogP contribution in [0.5, 0.6) is 0 Å². The van der Waals surface area contributed by atoms with Crippen molar-refractivity contribution in [1.29, 1.82) is 0 Å². The maximum absolute atomic E-state index is 6.02. The first-order valence-electron chi connectivity index (χ1n) is 10.3. The van der Waals surface area contributed by atoms with Crippen LogP contribution in [-0.2, 0) is 4.74 Å². The van der Waals surface area contributed by atoms with Gasteiger partial charge >= 0.3 is 0 Å². The van der Waals surface area contributed by atoms with Crippen molar-refractivity contribution in [2.75, 3.05) is 50.8 Å². The van der Waals surface area contributed by atoms with E-state index in [1.807, 2.05) is 6.20 Å². The second-order valence-electron chi connectivity index (χ2n) is 7.75. The Hall–Kier alpha value is -1.65. The van der Waals surface area contributed by atoms with Crippen molar-refractivity contribution >= 4 is 16.6 Å². The van der Waals surface area contributed by atoms with Crippen molar-refractivity contribution in [2.24, 2.45) is 5.92 Å². The van der Waals surface area contributed by atoms with Gasteiger partial charge < -0.3 is 14.5 Å². The Kier molecular flexibility index (Phi) is 6.03. The molecule has 0 saturated carbocycles. The standard InChI is InChI=1S/C22H31N3O/c1-4-12-24(13-5-1)16-17-26-18-19-9-14-25(15-10-19)22-8-11-23-21-7-3-2-6-20(21)22/h2-3,6-8,11,19H,1,4-5,9-10,12-18H2. The number of para-hydroxylation sites is 1. The van der Waals surface area contributed by atoms with Crippen LogP contribution in [0.25, 0.3) is 10.9 Å². The predicted molar refractivity (Wildman–Crippen MR) is 108 cm³/mol. The van der Waals surface area contributed by atoms with Crippen LogP contribution in [0.2, 0.25) is 0 Å². The lowest BCUT2D eigenvalue weighted by atomic mass is 9.97. The normalized spacial score (nSPS) is 19.9. The van der Waals surface area contributed by atoms with E-state index >= 15 is 0 Å². The highest BCUT2D eigenvalue weighted by atomic mass is 16.5. The number of benzene rings is 1. The number of aromatic nitrogens is 1. The van der Waals surface area contributed by atoms with Crippen LogP contribution in [0.3, 0.4) is 0 Å². The van der Waals surface area contributed by atoms with Gasteiger partial charge in [0, 0.05) is 43.5 Å². The quantitative estimate of drug-likeness (QED) is 0.735. The zero-order valence-corrected chi connectivity index (χ0v) is 15.8. The molecular weight excluding hydrogens is 322 g/mol. The van der Waals surface area contributed by atoms with Crippen LogP contribution in [0, 0.1) is 5.92 Å². The van der Waals surface area contributed by atoms with Gasteiger partial charge in [-0.15, -0.1) is 0 Å². The van der Waals surface area contributed by atoms with Gasteiger partial charge in [-0.3, -0.25) is 4.98 Å². The summed E-state index contributed by atoms with van der Waals surface area (Å²) < 4.78 is 6.02. The van der Waals surface area contributed by atoms with E-state index in [-0.39, 0.29) is 0 Å². The fourth-order valence-electron chi connectivity index (χ4n) is 4.32. The first-order chi connectivity index (χ1) is 12.9. The van der Waals surface area contributed by atoms with Gasteiger partial charge in [-0.05, 0) is 56.8 Å². The van der Waals surface area contributed by atoms with E-state index in [0.717, 1.165) is 38.4 Å². The first-order valence-corrected chi connectivity index (χ1v) is 10.3. The molecular formula is C22H31N3O. The molecule has 0 unspecified atom stereocenters. The Morgan fingerprint density at radius 3 is 2.62 bits per heavy atom. The Morgan fingerprint density at radius 1 is 0.962 bits per heavy atom. The lowest BCUT2D eigenvalue weighted by Gasteiger charge is -2.34. The van der Waals surface area contributed by atoms with Crippen LogP contribution in [0.1, 0.15) is 32.1 Å². The Morgan fingerprint density at radius 2 is 1.77 bits per heavy atom. The SMILES string of the molecule is c1ccc2c(N3CCC(COCCN4CCCCC4)CC3)ccnc2c1. The van der Waals surface area contributed by atoms with E-state index in [0.29, 0.717) is 5.92 Å². The molecule has 2 aliphatic heterocycles. The van der Waals surface area contributed by atoms with Gasteiger partial charge in [-0.2, -0.15) is 0 Å². The number of anilines is 1. The molecule has 3 heterocycles. The Bertz CT molecular complexity index is 685. The summed E-state index contributed by atoms with van der Waals surface area (Å²) in [5.41, 5.74) is 2.42. The summed E-state index contributed by atoms with van der Waals surface area (Å²) >= 11 is 0. The number of pyridine rings is 1. The van der Waals surface area contributed by atoms with Crippen LogP contribution < -0.4 is 4.90 Å². The minimum Gasteiger partial charge on any atom is -0.380 e. The van der Waals surface area contributed by atoms with E-state index in [9.17, 15) is 0 Å². The maximum atomic E-state index is 6.02. The van der Waals surface area contributed by atoms with Crippen molar-refractivity contribution in [1.82, 2.24) is 9.88 Å². The van der Waals surface area contributed by atoms with Crippen molar-refractivity contribution in [2.45, 2.75) is 32.1 Å². The fourth-order valence-corrected chi connectivity index (χ4v) is 4.32. The van der Waals surface area contributed by atoms with Gasteiger partial charge in [0.15, 0.2) is 0 Å². The molecule has 0 bridgehead atoms. The molecule has 26 heavy (non-hydrogen) atoms. The molecule has 2 saturated heterocycles. The van der Waals surface area contributed by atoms with E-state index in [2.05, 4.69) is 45.1 Å². The third-order valence-electron chi connectivity index (χ3n) is 5.94. The second kappa shape index (κ2) is 8.83. The summed E-state index contributed by atoms with van der Waals surface area (Å²) in [6, 6.07) is 10.6. The highest BCUT2D eigenvalue weighted by molar-refractivity contribution is 5.91. The fraction of sp³-hybridized carbons (Fsp3) is 0.591. The average Bonchev–Trinajstić information content (AvgIpc) is 2.72. The van der Waals surface area contributed by atoms with Gasteiger partial charge in [0.05, 0.1) is 12.1 Å². The number of nitrogens with zero attached hydrogens (tertiary/aromatic N) is 3. The Balaban J connectivity index is 1.22. The third-order valence-corrected chi connectivity index (χ3v) is 5.94. The van der Waals surface area contributed by atoms with Crippen molar-refractivity contribution in [3.63, 3.8) is 0 Å². The molecule has 0 atom stereocenters. The van der Waals surface area contributed by atoms with E-state index in [1.54, 1.807) is 0 Å². The number of hydrogen-bond donors (Lipinski definition) is 0. The third kappa shape index (κ3) is 4.36. The highest BCUT2D eigenvalue weighted by Crippen LogP contribution is 2.29. The average molecular weight is 354 g/mol. The molecule has 2 aromatic rings. The van der Waals surface area contributed by atoms with E-state index in [4.69, 9.17) is 4.74 Å². The molecule has 0 N–H and O–H groups in total. The van der Waals surface area contributed by atoms with E-state index in [1.165, 1.54) is 56.3 Å². The minimum absolute atomic E-state index is 0.709. The smallest absolute Gasteiger partial charge is 0.0722 e. The van der Waals surface area contributed by atoms with Crippen molar-refractivity contribution in [3.8, 4) is 0 Å². The summed E-state index contributed by atoms with van der Waals surface area (Å²) in [4.78, 5) is 9.57. The molecule has 0 aliphatic carbocycles. The summed E-state index contributed by atoms with van der Waals surface area (Å²) in [7, 11) is 0. The number of likely N-dealkylation sites (tertiary alicyclic amines) is 1. The summed E-state index contributed by atoms with van der Waals surface area (Å²) in [6.07, 6.45) is 8.52. The van der Waals surface area contributed by atoms with Gasteiger partial charge in [0.25, 0.3) is 0 Å². The molecule has 0 spiro atoms. The number of piperidine rings is 2. The Labute approximate surface area is 157 Å². The maximum Gasteiger partial charge on any atom is 0.0722 e. The number of fused-ring (bicyclic) bond motifs is 1. The minimum atomic E-state index is 0.709. The van der Waals surface area contributed by atoms with Gasteiger partial charge in [0.1, 0.15) is 0 Å². The van der Waals surface area contributed by atoms with Crippen LogP contribution >= 0.6 is 0 Å². The monoisotopic (exact) mass is 353 g/mol. The lowest BCUT2D eigenvalue weighted by molar-refractivity contribution is 0.0665. The van der Waals surface area contributed by atoms with Gasteiger partial charge in [-0.25, -0.2) is 0 Å². The number of hydrogen-bond acceptors (Lipinski definition) is 4. The molecule has 4 heteroatoms. The summed E-state index contributed by atoms with van der Waals surface area (Å²) in [5, 5.41) is 1.27. The number of rotatable bonds is 6. The van der Waals surface area contributed by atoms with Crippen molar-refractivity contribution in [3.05, 3.63) is 36.5 Å². The zero-order chi connectivity index (χ0) is 17.6. The highest BCUT2D eigenvalue weighted by Gasteiger charge is 2.21. The zero-order valence-electron chi connectivity index (χ0n) is 15.8. The van der Waals surface area contributed by atoms with Gasteiger partial charge in [-0.1, -0.05) is 24.6 Å². The van der Waals surface area contributed by atoms with Crippen LogP contribution in [0.15, 0.2) is 36.5 Å². The molecule has 2 fully saturated rings. The summed E-state index contributed by atoms with van der Waals surface area (Å²) in [5.74, 6) is 0.709. The molecule has 1 aromatic carbocycles. The molecule has 0 amide bonds. The first kappa shape index (κ1) is 17.7. The second-order valence-corrected chi connectivity index (χ2v) is 7.75. The molecule has 1 aromatic heterocycles. The van der Waals surface area contributed by atoms with Crippen LogP contribution in [-0.4, -0.2) is 55.8 Å². The molecule has 2 aliphatic rings. The number of ether oxygens (including phenoxy) is 1. The summed E-state index contributed by atoms with van der Waals surface area (Å²) in [6.45, 7) is 7.71. The van der Waals surface area contributed by atoms with Crippen molar-refractivity contribution < 1.29 is 4.74 Å². The molecule has 0 radical (unpaired) electrons. The molecule has 4 rings (SSSR count). The largest absolute Gasteiger partial charge is 0.380 e. The predicted octanol–water partition coefficient (Wildman–Crippen LogP) is 3.95. The van der Waals surface area contributed by atoms with Gasteiger partial charge in [0.2, 0.25) is 0 Å². The van der Waals surface area contributed by atoms with E-state index < -0.39 is 0 Å². The molecule has 4 nitrogen and oxygen atoms in total. The van der Waals surface area contributed by atoms with Crippen LogP contribution in [0.4, 0.5) is 5.69 Å². The topological polar surface area (TPSA) is 28.6 Å². The molecule has 140 valence electrons.